The van der Waals surface area contributed by atoms with Crippen LogP contribution < -0.4 is 15.9 Å². The van der Waals surface area contributed by atoms with E-state index in [1.807, 2.05) is 33.8 Å². The summed E-state index contributed by atoms with van der Waals surface area (Å²) < 4.78 is 22.5. The lowest BCUT2D eigenvalue weighted by molar-refractivity contribution is 0.434. The number of phenols is 1. The lowest BCUT2D eigenvalue weighted by atomic mass is 10.0. The molecule has 0 radical (unpaired) electrons. The minimum atomic E-state index is -0.921. The summed E-state index contributed by atoms with van der Waals surface area (Å²) in [5, 5.41) is 14.9. The first-order valence-corrected chi connectivity index (χ1v) is 13.5. The van der Waals surface area contributed by atoms with Crippen molar-refractivity contribution in [3.63, 3.8) is 0 Å². The number of halogens is 2. The van der Waals surface area contributed by atoms with Crippen LogP contribution in [0.25, 0.3) is 38.9 Å². The van der Waals surface area contributed by atoms with Gasteiger partial charge in [-0.2, -0.15) is 4.98 Å². The van der Waals surface area contributed by atoms with Gasteiger partial charge >= 0.3 is 5.69 Å². The van der Waals surface area contributed by atoms with Gasteiger partial charge < -0.3 is 19.7 Å². The Hall–Kier alpha value is -4.02. The number of benzene rings is 1. The first-order chi connectivity index (χ1) is 19.2. The lowest BCUT2D eigenvalue weighted by Gasteiger charge is -2.35. The van der Waals surface area contributed by atoms with E-state index in [-0.39, 0.29) is 39.5 Å². The fourth-order valence-corrected chi connectivity index (χ4v) is 5.67. The molecule has 1 fully saturated rings. The molecule has 9 nitrogen and oxygen atoms in total. The van der Waals surface area contributed by atoms with Gasteiger partial charge in [0.1, 0.15) is 11.4 Å². The summed E-state index contributed by atoms with van der Waals surface area (Å²) in [4.78, 5) is 30.0. The highest BCUT2D eigenvalue weighted by Crippen LogP contribution is 2.41. The van der Waals surface area contributed by atoms with Crippen LogP contribution in [0.3, 0.4) is 0 Å². The number of aromatic nitrogens is 4. The number of furan rings is 1. The van der Waals surface area contributed by atoms with Gasteiger partial charge in [0.2, 0.25) is 0 Å². The second-order valence-electron chi connectivity index (χ2n) is 10.4. The fraction of sp³-hybridized carbons (Fsp3) is 0.310. The molecular formula is C29H28ClFN6O3. The molecule has 0 amide bonds. The molecule has 1 saturated heterocycles. The third kappa shape index (κ3) is 4.10. The molecule has 206 valence electrons. The first-order valence-electron chi connectivity index (χ1n) is 13.1. The summed E-state index contributed by atoms with van der Waals surface area (Å²) in [5.41, 5.74) is 1.92. The number of aryl methyl sites for hydroxylation is 1. The second-order valence-corrected chi connectivity index (χ2v) is 10.8. The van der Waals surface area contributed by atoms with E-state index < -0.39 is 17.3 Å². The van der Waals surface area contributed by atoms with Crippen molar-refractivity contribution >= 4 is 39.4 Å². The zero-order valence-electron chi connectivity index (χ0n) is 22.5. The van der Waals surface area contributed by atoms with Crippen molar-refractivity contribution in [1.29, 1.82) is 0 Å². The monoisotopic (exact) mass is 562 g/mol. The van der Waals surface area contributed by atoms with Gasteiger partial charge in [0, 0.05) is 37.3 Å². The lowest BCUT2D eigenvalue weighted by Crippen LogP contribution is -2.50. The summed E-state index contributed by atoms with van der Waals surface area (Å²) in [6.07, 6.45) is 3.11. The minimum absolute atomic E-state index is 0.0113. The summed E-state index contributed by atoms with van der Waals surface area (Å²) in [5.74, 6) is -1.04. The molecular weight excluding hydrogens is 535 g/mol. The maximum absolute atomic E-state index is 15.5. The van der Waals surface area contributed by atoms with Crippen molar-refractivity contribution in [2.45, 2.75) is 39.7 Å². The summed E-state index contributed by atoms with van der Waals surface area (Å²) in [6, 6.07) is 6.43. The van der Waals surface area contributed by atoms with E-state index in [0.29, 0.717) is 34.5 Å². The molecule has 0 aliphatic carbocycles. The van der Waals surface area contributed by atoms with Crippen LogP contribution >= 0.6 is 11.6 Å². The number of anilines is 1. The van der Waals surface area contributed by atoms with E-state index in [4.69, 9.17) is 21.0 Å². The molecule has 1 aromatic carbocycles. The third-order valence-corrected chi connectivity index (χ3v) is 7.68. The second kappa shape index (κ2) is 9.87. The highest BCUT2D eigenvalue weighted by molar-refractivity contribution is 6.34. The molecule has 1 aliphatic heterocycles. The molecule has 5 heterocycles. The molecule has 1 aliphatic rings. The van der Waals surface area contributed by atoms with Gasteiger partial charge in [0.15, 0.2) is 17.2 Å². The number of nitrogens with zero attached hydrogens (tertiary/aromatic N) is 5. The van der Waals surface area contributed by atoms with Crippen molar-refractivity contribution < 1.29 is 13.9 Å². The van der Waals surface area contributed by atoms with E-state index in [9.17, 15) is 9.90 Å². The average molecular weight is 563 g/mol. The van der Waals surface area contributed by atoms with Crippen LogP contribution in [0.4, 0.5) is 10.2 Å². The average Bonchev–Trinajstić information content (AvgIpc) is 3.38. The first kappa shape index (κ1) is 26.2. The highest BCUT2D eigenvalue weighted by atomic mass is 35.5. The highest BCUT2D eigenvalue weighted by Gasteiger charge is 2.28. The molecule has 2 N–H and O–H groups in total. The molecule has 0 bridgehead atoms. The van der Waals surface area contributed by atoms with Gasteiger partial charge in [-0.25, -0.2) is 18.7 Å². The molecule has 4 aromatic heterocycles. The van der Waals surface area contributed by atoms with Crippen molar-refractivity contribution in [2.24, 2.45) is 0 Å². The van der Waals surface area contributed by atoms with Crippen LogP contribution in [0.5, 0.6) is 5.75 Å². The Bertz CT molecular complexity index is 1850. The van der Waals surface area contributed by atoms with Crippen LogP contribution in [0.1, 0.15) is 37.9 Å². The SMILES string of the molecule is Cc1ccnc(C(C)C)c1-n1c(=O)nc(N2CCNC[C@@H]2C)c2cc(Cl)c(-c3c(F)c(O)cc4ccoc34)nc21. The maximum Gasteiger partial charge on any atom is 0.355 e. The normalized spacial score (nSPS) is 16.0. The number of nitrogens with one attached hydrogen (secondary N) is 1. The Labute approximate surface area is 234 Å². The van der Waals surface area contributed by atoms with Crippen LogP contribution in [-0.4, -0.2) is 50.3 Å². The minimum Gasteiger partial charge on any atom is -0.505 e. The number of aromatic hydroxyl groups is 1. The molecule has 40 heavy (non-hydrogen) atoms. The summed E-state index contributed by atoms with van der Waals surface area (Å²) >= 11 is 6.82. The van der Waals surface area contributed by atoms with Crippen molar-refractivity contribution in [3.05, 3.63) is 69.3 Å². The van der Waals surface area contributed by atoms with E-state index in [1.54, 1.807) is 18.3 Å². The Kier molecular flexibility index (Phi) is 6.47. The molecule has 0 spiro atoms. The van der Waals surface area contributed by atoms with Crippen LogP contribution in [-0.2, 0) is 0 Å². The number of piperazine rings is 1. The topological polar surface area (TPSA) is 109 Å². The van der Waals surface area contributed by atoms with Crippen LogP contribution in [0.15, 0.2) is 45.9 Å². The molecule has 0 saturated carbocycles. The Balaban J connectivity index is 1.76. The zero-order valence-corrected chi connectivity index (χ0v) is 23.3. The Morgan fingerprint density at radius 1 is 1.25 bits per heavy atom. The van der Waals surface area contributed by atoms with Crippen molar-refractivity contribution in [3.8, 4) is 22.7 Å². The quantitative estimate of drug-likeness (QED) is 0.303. The van der Waals surface area contributed by atoms with E-state index >= 15 is 4.39 Å². The smallest absolute Gasteiger partial charge is 0.355 e. The van der Waals surface area contributed by atoms with Gasteiger partial charge in [-0.15, -0.1) is 0 Å². The van der Waals surface area contributed by atoms with Gasteiger partial charge in [-0.1, -0.05) is 25.4 Å². The summed E-state index contributed by atoms with van der Waals surface area (Å²) in [6.45, 7) is 10.00. The predicted octanol–water partition coefficient (Wildman–Crippen LogP) is 5.32. The largest absolute Gasteiger partial charge is 0.505 e. The number of rotatable bonds is 4. The zero-order chi connectivity index (χ0) is 28.3. The predicted molar refractivity (Wildman–Crippen MR) is 153 cm³/mol. The van der Waals surface area contributed by atoms with Gasteiger partial charge in [0.05, 0.1) is 39.3 Å². The number of fused-ring (bicyclic) bond motifs is 2. The molecule has 0 unspecified atom stereocenters. The van der Waals surface area contributed by atoms with Crippen LogP contribution in [0.2, 0.25) is 5.02 Å². The van der Waals surface area contributed by atoms with Crippen LogP contribution in [0, 0.1) is 12.7 Å². The van der Waals surface area contributed by atoms with E-state index in [2.05, 4.69) is 20.2 Å². The number of pyridine rings is 2. The van der Waals surface area contributed by atoms with E-state index in [0.717, 1.165) is 18.7 Å². The number of hydrogen-bond acceptors (Lipinski definition) is 8. The number of phenolic OH excluding ortho intramolecular Hbond substituents is 1. The van der Waals surface area contributed by atoms with Gasteiger partial charge in [-0.3, -0.25) is 4.98 Å². The van der Waals surface area contributed by atoms with Crippen molar-refractivity contribution in [1.82, 2.24) is 24.8 Å². The Morgan fingerprint density at radius 2 is 2.05 bits per heavy atom. The van der Waals surface area contributed by atoms with E-state index in [1.165, 1.54) is 16.9 Å². The molecule has 11 heteroatoms. The van der Waals surface area contributed by atoms with Gasteiger partial charge in [0.25, 0.3) is 0 Å². The van der Waals surface area contributed by atoms with Crippen molar-refractivity contribution in [2.75, 3.05) is 24.5 Å². The standard InChI is InChI=1S/C29H28ClFN6O3/c1-14(2)23-25(15(3)5-7-33-23)37-28-18(27(35-29(37)39)36-9-8-32-13-16(36)4)12-19(30)24(34-28)21-22(31)20(38)11-17-6-10-40-26(17)21/h5-7,10-12,14,16,32,38H,8-9,13H2,1-4H3/t16-/m0/s1. The van der Waals surface area contributed by atoms with Gasteiger partial charge in [-0.05, 0) is 49.6 Å². The summed E-state index contributed by atoms with van der Waals surface area (Å²) in [7, 11) is 0. The molecule has 6 rings (SSSR count). The molecule has 1 atom stereocenters. The Morgan fingerprint density at radius 3 is 2.80 bits per heavy atom. The number of hydrogen-bond donors (Lipinski definition) is 2. The third-order valence-electron chi connectivity index (χ3n) is 7.40. The maximum atomic E-state index is 15.5. The molecule has 5 aromatic rings. The fourth-order valence-electron chi connectivity index (χ4n) is 5.43.